The molecule has 0 aliphatic carbocycles. The van der Waals surface area contributed by atoms with Gasteiger partial charge in [-0.25, -0.2) is 8.42 Å². The van der Waals surface area contributed by atoms with Crippen LogP contribution in [0.25, 0.3) is 0 Å². The highest BCUT2D eigenvalue weighted by atomic mass is 32.2. The molecule has 0 fully saturated rings. The lowest BCUT2D eigenvalue weighted by Crippen LogP contribution is -2.26. The van der Waals surface area contributed by atoms with E-state index < -0.39 is 20.7 Å². The van der Waals surface area contributed by atoms with Gasteiger partial charge in [-0.15, -0.1) is 0 Å². The number of hydrogen-bond acceptors (Lipinski definition) is 6. The number of Topliss-reactive ketones (excluding diaryl/α,β-unsaturated/α-hetero) is 1. The molecule has 0 aromatic heterocycles. The Morgan fingerprint density at radius 2 is 1.43 bits per heavy atom. The number of rotatable bonds is 6. The normalized spacial score (nSPS) is 11.7. The summed E-state index contributed by atoms with van der Waals surface area (Å²) in [5.74, 6) is -0.0440. The second-order valence-electron chi connectivity index (χ2n) is 5.77. The average molecular weight is 394 g/mol. The molecule has 0 aliphatic rings. The second kappa shape index (κ2) is 8.49. The molecular weight excluding hydrogens is 376 g/mol. The maximum Gasteiger partial charge on any atom is 0.229 e. The molecule has 0 unspecified atom stereocenters. The Bertz CT molecular complexity index is 1080. The van der Waals surface area contributed by atoms with E-state index >= 15 is 0 Å². The van der Waals surface area contributed by atoms with Crippen LogP contribution in [0.15, 0.2) is 94.9 Å². The Labute approximate surface area is 163 Å². The number of carbonyl (C=O) groups excluding carboxylic acids is 1. The predicted octanol–water partition coefficient (Wildman–Crippen LogP) is 3.78. The monoisotopic (exact) mass is 394 g/mol. The van der Waals surface area contributed by atoms with E-state index in [0.717, 1.165) is 0 Å². The Morgan fingerprint density at radius 3 is 2.00 bits per heavy atom. The van der Waals surface area contributed by atoms with Crippen LogP contribution in [0.4, 0.5) is 5.69 Å². The molecule has 0 amide bonds. The minimum absolute atomic E-state index is 0.00504. The zero-order chi connectivity index (χ0) is 20.0. The molecular formula is C21H18N2O4S. The van der Waals surface area contributed by atoms with Crippen molar-refractivity contribution in [1.29, 1.82) is 0 Å². The Hall–Kier alpha value is -3.45. The lowest BCUT2D eigenvalue weighted by atomic mass is 10.1. The van der Waals surface area contributed by atoms with Crippen molar-refractivity contribution in [3.8, 4) is 5.75 Å². The number of carbonyl (C=O) groups is 1. The van der Waals surface area contributed by atoms with Crippen LogP contribution in [0.3, 0.4) is 0 Å². The van der Waals surface area contributed by atoms with Crippen LogP contribution in [-0.4, -0.2) is 26.4 Å². The van der Waals surface area contributed by atoms with Crippen LogP contribution in [-0.2, 0) is 9.84 Å². The van der Waals surface area contributed by atoms with Crippen LogP contribution >= 0.6 is 0 Å². The number of methoxy groups -OCH3 is 1. The van der Waals surface area contributed by atoms with E-state index in [4.69, 9.17) is 4.74 Å². The van der Waals surface area contributed by atoms with E-state index in [1.54, 1.807) is 79.9 Å². The largest absolute Gasteiger partial charge is 0.497 e. The second-order valence-corrected chi connectivity index (χ2v) is 7.63. The summed E-state index contributed by atoms with van der Waals surface area (Å²) in [6.45, 7) is 0. The zero-order valence-electron chi connectivity index (χ0n) is 15.1. The van der Waals surface area contributed by atoms with Gasteiger partial charge in [0, 0.05) is 5.56 Å². The third-order valence-electron chi connectivity index (χ3n) is 3.91. The van der Waals surface area contributed by atoms with Crippen molar-refractivity contribution in [2.75, 3.05) is 12.5 Å². The Morgan fingerprint density at radius 1 is 0.857 bits per heavy atom. The molecule has 0 heterocycles. The van der Waals surface area contributed by atoms with Gasteiger partial charge in [-0.2, -0.15) is 5.10 Å². The van der Waals surface area contributed by atoms with Gasteiger partial charge in [0.25, 0.3) is 0 Å². The van der Waals surface area contributed by atoms with Crippen LogP contribution in [0, 0.1) is 0 Å². The summed E-state index contributed by atoms with van der Waals surface area (Å²) in [5.41, 5.74) is 3.40. The first kappa shape index (κ1) is 19.3. The fourth-order valence-electron chi connectivity index (χ4n) is 2.44. The smallest absolute Gasteiger partial charge is 0.229 e. The number of ketones is 1. The SMILES string of the molecule is COc1ccc(N/N=C(\C(=O)c2ccccc2)S(=O)(=O)c2ccccc2)cc1. The first-order chi connectivity index (χ1) is 13.5. The molecule has 3 aromatic rings. The fourth-order valence-corrected chi connectivity index (χ4v) is 3.70. The lowest BCUT2D eigenvalue weighted by Gasteiger charge is -2.09. The van der Waals surface area contributed by atoms with Crippen LogP contribution in [0.5, 0.6) is 5.75 Å². The first-order valence-electron chi connectivity index (χ1n) is 8.40. The molecule has 0 atom stereocenters. The quantitative estimate of drug-likeness (QED) is 0.298. The molecule has 0 aliphatic heterocycles. The van der Waals surface area contributed by atoms with Crippen molar-refractivity contribution < 1.29 is 17.9 Å². The van der Waals surface area contributed by atoms with Gasteiger partial charge < -0.3 is 4.74 Å². The highest BCUT2D eigenvalue weighted by Gasteiger charge is 2.30. The number of sulfone groups is 1. The van der Waals surface area contributed by atoms with Crippen LogP contribution in [0.2, 0.25) is 0 Å². The van der Waals surface area contributed by atoms with Gasteiger partial charge in [0.05, 0.1) is 17.7 Å². The number of nitrogens with one attached hydrogen (secondary N) is 1. The van der Waals surface area contributed by atoms with Gasteiger partial charge in [-0.05, 0) is 36.4 Å². The van der Waals surface area contributed by atoms with Crippen molar-refractivity contribution >= 4 is 26.4 Å². The molecule has 0 radical (unpaired) electrons. The summed E-state index contributed by atoms with van der Waals surface area (Å²) in [6, 6.07) is 22.6. The third-order valence-corrected chi connectivity index (χ3v) is 5.59. The van der Waals surface area contributed by atoms with Gasteiger partial charge >= 0.3 is 0 Å². The zero-order valence-corrected chi connectivity index (χ0v) is 15.9. The van der Waals surface area contributed by atoms with Gasteiger partial charge in [0.2, 0.25) is 20.7 Å². The summed E-state index contributed by atoms with van der Waals surface area (Å²) in [7, 11) is -2.57. The number of hydrazone groups is 1. The standard InChI is InChI=1S/C21H18N2O4S/c1-27-18-14-12-17(13-15-18)22-23-21(20(24)16-8-4-2-5-9-16)28(25,26)19-10-6-3-7-11-19/h2-15,22H,1H3/b23-21+. The van der Waals surface area contributed by atoms with E-state index in [0.29, 0.717) is 11.4 Å². The molecule has 3 rings (SSSR count). The average Bonchev–Trinajstić information content (AvgIpc) is 2.75. The van der Waals surface area contributed by atoms with E-state index in [1.807, 2.05) is 0 Å². The maximum absolute atomic E-state index is 13.1. The number of hydrogen-bond donors (Lipinski definition) is 1. The molecule has 0 bridgehead atoms. The number of ether oxygens (including phenoxy) is 1. The first-order valence-corrected chi connectivity index (χ1v) is 9.88. The van der Waals surface area contributed by atoms with Crippen molar-refractivity contribution in [1.82, 2.24) is 0 Å². The highest BCUT2D eigenvalue weighted by Crippen LogP contribution is 2.18. The van der Waals surface area contributed by atoms with Crippen LogP contribution in [0.1, 0.15) is 10.4 Å². The van der Waals surface area contributed by atoms with Crippen molar-refractivity contribution in [2.24, 2.45) is 5.10 Å². The third kappa shape index (κ3) is 4.27. The predicted molar refractivity (Wildman–Crippen MR) is 108 cm³/mol. The fraction of sp³-hybridized carbons (Fsp3) is 0.0476. The van der Waals surface area contributed by atoms with Gasteiger partial charge in [-0.3, -0.25) is 10.2 Å². The minimum Gasteiger partial charge on any atom is -0.497 e. The molecule has 6 nitrogen and oxygen atoms in total. The summed E-state index contributed by atoms with van der Waals surface area (Å²) in [6.07, 6.45) is 0. The van der Waals surface area contributed by atoms with E-state index in [1.165, 1.54) is 12.1 Å². The van der Waals surface area contributed by atoms with E-state index in [2.05, 4.69) is 10.5 Å². The lowest BCUT2D eigenvalue weighted by molar-refractivity contribution is 0.106. The highest BCUT2D eigenvalue weighted by molar-refractivity contribution is 8.08. The van der Waals surface area contributed by atoms with Gasteiger partial charge in [0.15, 0.2) is 0 Å². The summed E-state index contributed by atoms with van der Waals surface area (Å²) in [5, 5.41) is 3.38. The maximum atomic E-state index is 13.1. The molecule has 0 spiro atoms. The summed E-state index contributed by atoms with van der Waals surface area (Å²) >= 11 is 0. The number of benzene rings is 3. The molecule has 28 heavy (non-hydrogen) atoms. The van der Waals surface area contributed by atoms with Crippen LogP contribution < -0.4 is 10.2 Å². The molecule has 7 heteroatoms. The number of anilines is 1. The molecule has 3 aromatic carbocycles. The summed E-state index contributed by atoms with van der Waals surface area (Å²) in [4.78, 5) is 12.9. The van der Waals surface area contributed by atoms with Crippen molar-refractivity contribution in [2.45, 2.75) is 4.90 Å². The van der Waals surface area contributed by atoms with Crippen molar-refractivity contribution in [3.63, 3.8) is 0 Å². The molecule has 0 saturated heterocycles. The van der Waals surface area contributed by atoms with E-state index in [9.17, 15) is 13.2 Å². The minimum atomic E-state index is -4.12. The summed E-state index contributed by atoms with van der Waals surface area (Å²) < 4.78 is 31.2. The van der Waals surface area contributed by atoms with Gasteiger partial charge in [0.1, 0.15) is 5.75 Å². The molecule has 1 N–H and O–H groups in total. The Kier molecular flexibility index (Phi) is 5.86. The van der Waals surface area contributed by atoms with Gasteiger partial charge in [-0.1, -0.05) is 48.5 Å². The number of nitrogens with zero attached hydrogens (tertiary/aromatic N) is 1. The molecule has 142 valence electrons. The molecule has 0 saturated carbocycles. The Balaban J connectivity index is 2.02. The van der Waals surface area contributed by atoms with E-state index in [-0.39, 0.29) is 10.5 Å². The topological polar surface area (TPSA) is 84.8 Å². The van der Waals surface area contributed by atoms with Crippen molar-refractivity contribution in [3.05, 3.63) is 90.5 Å².